The topological polar surface area (TPSA) is 12.9 Å². The Morgan fingerprint density at radius 3 is 2.67 bits per heavy atom. The van der Waals surface area contributed by atoms with Crippen LogP contribution < -0.4 is 0 Å². The van der Waals surface area contributed by atoms with Crippen molar-refractivity contribution in [2.24, 2.45) is 34.5 Å². The van der Waals surface area contributed by atoms with Crippen LogP contribution >= 0.6 is 0 Å². The smallest absolute Gasteiger partial charge is 0.0343 e. The van der Waals surface area contributed by atoms with E-state index in [0.29, 0.717) is 10.8 Å². The summed E-state index contributed by atoms with van der Waals surface area (Å²) in [5.41, 5.74) is 5.64. The third-order valence-corrected chi connectivity index (χ3v) is 9.34. The third-order valence-electron chi connectivity index (χ3n) is 9.34. The maximum atomic E-state index is 4.41. The lowest BCUT2D eigenvalue weighted by Gasteiger charge is -2.58. The van der Waals surface area contributed by atoms with E-state index in [4.69, 9.17) is 0 Å². The Labute approximate surface area is 165 Å². The van der Waals surface area contributed by atoms with Gasteiger partial charge < -0.3 is 0 Å². The Hall–Kier alpha value is -1.37. The third kappa shape index (κ3) is 2.53. The van der Waals surface area contributed by atoms with Crippen LogP contribution in [0.5, 0.6) is 0 Å². The Morgan fingerprint density at radius 2 is 1.89 bits per heavy atom. The van der Waals surface area contributed by atoms with Crippen molar-refractivity contribution >= 4 is 5.57 Å². The molecule has 2 saturated carbocycles. The molecule has 3 unspecified atom stereocenters. The molecule has 1 aromatic rings. The van der Waals surface area contributed by atoms with Crippen molar-refractivity contribution in [3.05, 3.63) is 47.8 Å². The van der Waals surface area contributed by atoms with Gasteiger partial charge in [0.05, 0.1) is 0 Å². The van der Waals surface area contributed by atoms with Gasteiger partial charge in [-0.2, -0.15) is 0 Å². The van der Waals surface area contributed by atoms with Gasteiger partial charge >= 0.3 is 0 Å². The van der Waals surface area contributed by atoms with E-state index < -0.39 is 0 Å². The van der Waals surface area contributed by atoms with Gasteiger partial charge in [0.25, 0.3) is 0 Å². The highest BCUT2D eigenvalue weighted by atomic mass is 14.6. The van der Waals surface area contributed by atoms with E-state index in [-0.39, 0.29) is 0 Å². The molecule has 1 heterocycles. The molecule has 0 bridgehead atoms. The molecule has 0 spiro atoms. The summed E-state index contributed by atoms with van der Waals surface area (Å²) in [7, 11) is 0. The average molecular weight is 362 g/mol. The number of nitrogens with zero attached hydrogens (tertiary/aromatic N) is 1. The van der Waals surface area contributed by atoms with E-state index in [2.05, 4.69) is 56.2 Å². The molecule has 6 atom stereocenters. The average Bonchev–Trinajstić information content (AvgIpc) is 3.05. The summed E-state index contributed by atoms with van der Waals surface area (Å²) in [6.07, 6.45) is 20.3. The summed E-state index contributed by atoms with van der Waals surface area (Å²) in [4.78, 5) is 4.41. The highest BCUT2D eigenvalue weighted by molar-refractivity contribution is 5.72. The molecule has 144 valence electrons. The summed E-state index contributed by atoms with van der Waals surface area (Å²) in [5.74, 6) is 3.56. The van der Waals surface area contributed by atoms with Gasteiger partial charge in [-0.25, -0.2) is 0 Å². The van der Waals surface area contributed by atoms with E-state index in [9.17, 15) is 0 Å². The standard InChI is InChI=1S/C26H35N/c1-4-18-11-13-25(2)20(16-18)7-8-21-23-10-9-22(19-6-5-15-27-17-19)26(23,3)14-12-24(21)25/h5-7,9,15,17-18,21,23-24H,4,8,10-14,16H2,1-3H3/t18-,21?,23?,24?,25-,26+/m0/s1. The highest BCUT2D eigenvalue weighted by Gasteiger charge is 2.56. The van der Waals surface area contributed by atoms with Gasteiger partial charge in [0, 0.05) is 12.4 Å². The lowest BCUT2D eigenvalue weighted by Crippen LogP contribution is -2.49. The van der Waals surface area contributed by atoms with Crippen LogP contribution in [-0.4, -0.2) is 4.98 Å². The van der Waals surface area contributed by atoms with Crippen LogP contribution in [0.15, 0.2) is 42.3 Å². The second kappa shape index (κ2) is 6.33. The molecule has 27 heavy (non-hydrogen) atoms. The molecule has 4 aliphatic carbocycles. The van der Waals surface area contributed by atoms with Crippen LogP contribution in [0.3, 0.4) is 0 Å². The maximum absolute atomic E-state index is 4.41. The van der Waals surface area contributed by atoms with Crippen LogP contribution in [0.4, 0.5) is 0 Å². The molecule has 0 amide bonds. The van der Waals surface area contributed by atoms with Gasteiger partial charge in [-0.05, 0) is 96.7 Å². The fraction of sp³-hybridized carbons (Fsp3) is 0.654. The van der Waals surface area contributed by atoms with Gasteiger partial charge in [0.1, 0.15) is 0 Å². The first-order valence-electron chi connectivity index (χ1n) is 11.4. The Kier molecular flexibility index (Phi) is 4.15. The SMILES string of the molecule is CC[C@H]1CC[C@@]2(C)C(=CCC3C2CC[C@]2(C)C(c4cccnc4)=CCC32)C1. The minimum absolute atomic E-state index is 0.354. The monoisotopic (exact) mass is 361 g/mol. The second-order valence-corrected chi connectivity index (χ2v) is 10.3. The molecular formula is C26H35N. The van der Waals surface area contributed by atoms with Gasteiger partial charge in [0.15, 0.2) is 0 Å². The molecule has 5 rings (SSSR count). The summed E-state index contributed by atoms with van der Waals surface area (Å²) in [6, 6.07) is 4.37. The molecule has 4 aliphatic rings. The van der Waals surface area contributed by atoms with Crippen molar-refractivity contribution in [3.8, 4) is 0 Å². The van der Waals surface area contributed by atoms with Crippen LogP contribution in [-0.2, 0) is 0 Å². The summed E-state index contributed by atoms with van der Waals surface area (Å²) < 4.78 is 0. The highest BCUT2D eigenvalue weighted by Crippen LogP contribution is 2.66. The van der Waals surface area contributed by atoms with Crippen molar-refractivity contribution in [1.29, 1.82) is 0 Å². The quantitative estimate of drug-likeness (QED) is 0.514. The van der Waals surface area contributed by atoms with Gasteiger partial charge in [-0.3, -0.25) is 4.98 Å². The number of hydrogen-bond donors (Lipinski definition) is 0. The fourth-order valence-corrected chi connectivity index (χ4v) is 7.62. The molecule has 2 fully saturated rings. The van der Waals surface area contributed by atoms with Crippen LogP contribution in [0.25, 0.3) is 5.57 Å². The van der Waals surface area contributed by atoms with E-state index >= 15 is 0 Å². The normalized spacial score (nSPS) is 43.2. The largest absolute Gasteiger partial charge is 0.264 e. The van der Waals surface area contributed by atoms with Crippen molar-refractivity contribution in [2.45, 2.75) is 72.1 Å². The molecule has 0 saturated heterocycles. The minimum Gasteiger partial charge on any atom is -0.264 e. The molecule has 0 radical (unpaired) electrons. The molecule has 1 nitrogen and oxygen atoms in total. The number of allylic oxidation sites excluding steroid dienone is 4. The van der Waals surface area contributed by atoms with Crippen molar-refractivity contribution in [3.63, 3.8) is 0 Å². The van der Waals surface area contributed by atoms with Crippen LogP contribution in [0.2, 0.25) is 0 Å². The second-order valence-electron chi connectivity index (χ2n) is 10.3. The molecular weight excluding hydrogens is 326 g/mol. The molecule has 0 N–H and O–H groups in total. The zero-order chi connectivity index (χ0) is 18.6. The molecule has 0 aliphatic heterocycles. The molecule has 1 heteroatoms. The number of pyridine rings is 1. The lowest BCUT2D eigenvalue weighted by atomic mass is 9.47. The number of rotatable bonds is 2. The van der Waals surface area contributed by atoms with Crippen molar-refractivity contribution in [1.82, 2.24) is 4.98 Å². The van der Waals surface area contributed by atoms with E-state index in [0.717, 1.165) is 23.7 Å². The first kappa shape index (κ1) is 17.7. The minimum atomic E-state index is 0.354. The molecule has 1 aromatic heterocycles. The zero-order valence-electron chi connectivity index (χ0n) is 17.4. The Morgan fingerprint density at radius 1 is 1.04 bits per heavy atom. The number of hydrogen-bond acceptors (Lipinski definition) is 1. The van der Waals surface area contributed by atoms with Gasteiger partial charge in [-0.1, -0.05) is 51.0 Å². The predicted molar refractivity (Wildman–Crippen MR) is 113 cm³/mol. The van der Waals surface area contributed by atoms with Gasteiger partial charge in [0.2, 0.25) is 0 Å². The first-order valence-corrected chi connectivity index (χ1v) is 11.4. The van der Waals surface area contributed by atoms with Crippen molar-refractivity contribution < 1.29 is 0 Å². The van der Waals surface area contributed by atoms with Gasteiger partial charge in [-0.15, -0.1) is 0 Å². The lowest BCUT2D eigenvalue weighted by molar-refractivity contribution is -0.0147. The Balaban J connectivity index is 1.45. The Bertz CT molecular complexity index is 775. The maximum Gasteiger partial charge on any atom is 0.0343 e. The van der Waals surface area contributed by atoms with E-state index in [1.807, 2.05) is 11.8 Å². The summed E-state index contributed by atoms with van der Waals surface area (Å²) in [6.45, 7) is 7.58. The summed E-state index contributed by atoms with van der Waals surface area (Å²) in [5, 5.41) is 0. The number of aromatic nitrogens is 1. The van der Waals surface area contributed by atoms with Crippen molar-refractivity contribution in [2.75, 3.05) is 0 Å². The zero-order valence-corrected chi connectivity index (χ0v) is 17.4. The summed E-state index contributed by atoms with van der Waals surface area (Å²) >= 11 is 0. The van der Waals surface area contributed by atoms with Crippen LogP contribution in [0, 0.1) is 34.5 Å². The first-order chi connectivity index (χ1) is 13.1. The van der Waals surface area contributed by atoms with E-state index in [1.54, 1.807) is 5.57 Å². The van der Waals surface area contributed by atoms with E-state index in [1.165, 1.54) is 56.9 Å². The number of fused-ring (bicyclic) bond motifs is 5. The predicted octanol–water partition coefficient (Wildman–Crippen LogP) is 7.06. The van der Waals surface area contributed by atoms with Crippen LogP contribution in [0.1, 0.15) is 77.7 Å². The fourth-order valence-electron chi connectivity index (χ4n) is 7.62. The molecule has 0 aromatic carbocycles.